The summed E-state index contributed by atoms with van der Waals surface area (Å²) in [6, 6.07) is 19.0. The Morgan fingerprint density at radius 3 is 2.50 bits per heavy atom. The van der Waals surface area contributed by atoms with Crippen LogP contribution < -0.4 is 14.8 Å². The molecule has 5 nitrogen and oxygen atoms in total. The molecule has 3 aromatic carbocycles. The van der Waals surface area contributed by atoms with Crippen LogP contribution in [0.3, 0.4) is 0 Å². The molecule has 0 unspecified atom stereocenters. The third-order valence-electron chi connectivity index (χ3n) is 4.42. The Balaban J connectivity index is 1.68. The van der Waals surface area contributed by atoms with E-state index in [4.69, 9.17) is 9.47 Å². The molecule has 0 spiro atoms. The van der Waals surface area contributed by atoms with Crippen molar-refractivity contribution < 1.29 is 14.3 Å². The van der Waals surface area contributed by atoms with Gasteiger partial charge in [0, 0.05) is 33.6 Å². The number of H-pyrrole nitrogens is 1. The smallest absolute Gasteiger partial charge is 0.259 e. The summed E-state index contributed by atoms with van der Waals surface area (Å²) >= 11 is 0. The van der Waals surface area contributed by atoms with Crippen LogP contribution in [0.15, 0.2) is 60.7 Å². The van der Waals surface area contributed by atoms with Crippen molar-refractivity contribution in [1.82, 2.24) is 4.98 Å². The van der Waals surface area contributed by atoms with Crippen LogP contribution in [-0.2, 0) is 0 Å². The van der Waals surface area contributed by atoms with Crippen LogP contribution >= 0.6 is 0 Å². The summed E-state index contributed by atoms with van der Waals surface area (Å²) in [6.07, 6.45) is 0. The highest BCUT2D eigenvalue weighted by atomic mass is 16.5. The molecule has 1 amide bonds. The third-order valence-corrected chi connectivity index (χ3v) is 4.42. The first-order valence-electron chi connectivity index (χ1n) is 8.23. The summed E-state index contributed by atoms with van der Waals surface area (Å²) in [7, 11) is 3.11. The summed E-state index contributed by atoms with van der Waals surface area (Å²) < 4.78 is 10.5. The minimum Gasteiger partial charge on any atom is -0.497 e. The molecule has 1 heterocycles. The second kappa shape index (κ2) is 6.44. The number of benzene rings is 3. The molecule has 0 saturated carbocycles. The average Bonchev–Trinajstić information content (AvgIpc) is 3.05. The van der Waals surface area contributed by atoms with Crippen molar-refractivity contribution in [3.05, 3.63) is 66.2 Å². The Morgan fingerprint density at radius 2 is 1.69 bits per heavy atom. The van der Waals surface area contributed by atoms with Gasteiger partial charge < -0.3 is 19.8 Å². The summed E-state index contributed by atoms with van der Waals surface area (Å²) in [6.45, 7) is 0. The van der Waals surface area contributed by atoms with Crippen LogP contribution in [0.4, 0.5) is 5.69 Å². The van der Waals surface area contributed by atoms with Gasteiger partial charge in [0.05, 0.1) is 19.8 Å². The number of amides is 1. The molecular weight excluding hydrogens is 328 g/mol. The highest BCUT2D eigenvalue weighted by molar-refractivity contribution is 6.11. The highest BCUT2D eigenvalue weighted by Crippen LogP contribution is 2.29. The maximum Gasteiger partial charge on any atom is 0.259 e. The van der Waals surface area contributed by atoms with Gasteiger partial charge in [0.2, 0.25) is 0 Å². The average molecular weight is 346 g/mol. The zero-order chi connectivity index (χ0) is 18.1. The summed E-state index contributed by atoms with van der Waals surface area (Å²) in [5, 5.41) is 5.14. The second-order valence-electron chi connectivity index (χ2n) is 5.95. The molecule has 0 radical (unpaired) electrons. The maximum atomic E-state index is 12.7. The first kappa shape index (κ1) is 16.0. The Bertz CT molecular complexity index is 1110. The lowest BCUT2D eigenvalue weighted by molar-refractivity contribution is 0.102. The molecule has 0 aliphatic rings. The van der Waals surface area contributed by atoms with Crippen LogP contribution in [-0.4, -0.2) is 25.1 Å². The monoisotopic (exact) mass is 346 g/mol. The molecule has 0 fully saturated rings. The van der Waals surface area contributed by atoms with Gasteiger partial charge in [-0.1, -0.05) is 18.2 Å². The molecular formula is C21H18N2O3. The fraction of sp³-hybridized carbons (Fsp3) is 0.0952. The van der Waals surface area contributed by atoms with Crippen molar-refractivity contribution in [1.29, 1.82) is 0 Å². The van der Waals surface area contributed by atoms with E-state index in [0.29, 0.717) is 17.1 Å². The van der Waals surface area contributed by atoms with E-state index in [9.17, 15) is 4.79 Å². The number of aromatic nitrogens is 1. The number of aromatic amines is 1. The highest BCUT2D eigenvalue weighted by Gasteiger charge is 2.14. The number of hydrogen-bond acceptors (Lipinski definition) is 3. The van der Waals surface area contributed by atoms with Crippen LogP contribution in [0.25, 0.3) is 21.8 Å². The fourth-order valence-corrected chi connectivity index (χ4v) is 3.11. The van der Waals surface area contributed by atoms with Gasteiger partial charge in [-0.15, -0.1) is 0 Å². The van der Waals surface area contributed by atoms with Crippen molar-refractivity contribution in [2.75, 3.05) is 19.5 Å². The van der Waals surface area contributed by atoms with Gasteiger partial charge >= 0.3 is 0 Å². The molecule has 2 N–H and O–H groups in total. The number of rotatable bonds is 4. The number of carbonyl (C=O) groups excluding carboxylic acids is 1. The van der Waals surface area contributed by atoms with Crippen LogP contribution in [0.5, 0.6) is 11.5 Å². The Morgan fingerprint density at radius 1 is 0.885 bits per heavy atom. The minimum atomic E-state index is -0.233. The van der Waals surface area contributed by atoms with Crippen LogP contribution in [0.1, 0.15) is 10.4 Å². The zero-order valence-electron chi connectivity index (χ0n) is 14.5. The summed E-state index contributed by atoms with van der Waals surface area (Å²) in [5.41, 5.74) is 3.28. The van der Waals surface area contributed by atoms with Crippen molar-refractivity contribution in [3.8, 4) is 11.5 Å². The number of methoxy groups -OCH3 is 2. The van der Waals surface area contributed by atoms with Gasteiger partial charge in [-0.3, -0.25) is 4.79 Å². The molecule has 1 aromatic heterocycles. The van der Waals surface area contributed by atoms with E-state index in [1.807, 2.05) is 36.4 Å². The normalized spacial score (nSPS) is 10.8. The summed E-state index contributed by atoms with van der Waals surface area (Å²) in [5.74, 6) is 0.873. The molecule has 0 aliphatic carbocycles. The SMILES string of the molecule is COc1ccc(C(=O)Nc2ccc3[nH]c4ccccc4c3c2)c(OC)c1. The molecule has 0 saturated heterocycles. The molecule has 4 aromatic rings. The van der Waals surface area contributed by atoms with E-state index in [2.05, 4.69) is 16.4 Å². The summed E-state index contributed by atoms with van der Waals surface area (Å²) in [4.78, 5) is 16.1. The topological polar surface area (TPSA) is 63.3 Å². The van der Waals surface area contributed by atoms with E-state index in [-0.39, 0.29) is 5.91 Å². The van der Waals surface area contributed by atoms with Crippen molar-refractivity contribution in [2.45, 2.75) is 0 Å². The number of carbonyl (C=O) groups is 1. The number of fused-ring (bicyclic) bond motifs is 3. The molecule has 5 heteroatoms. The van der Waals surface area contributed by atoms with Gasteiger partial charge in [-0.25, -0.2) is 0 Å². The van der Waals surface area contributed by atoms with E-state index in [1.54, 1.807) is 25.3 Å². The predicted octanol–water partition coefficient (Wildman–Crippen LogP) is 4.59. The van der Waals surface area contributed by atoms with E-state index in [0.717, 1.165) is 27.5 Å². The first-order valence-corrected chi connectivity index (χ1v) is 8.23. The molecule has 0 atom stereocenters. The minimum absolute atomic E-state index is 0.233. The fourth-order valence-electron chi connectivity index (χ4n) is 3.11. The van der Waals surface area contributed by atoms with E-state index >= 15 is 0 Å². The Kier molecular flexibility index (Phi) is 3.97. The van der Waals surface area contributed by atoms with Crippen LogP contribution in [0.2, 0.25) is 0 Å². The third kappa shape index (κ3) is 2.73. The predicted molar refractivity (Wildman–Crippen MR) is 103 cm³/mol. The molecule has 0 aliphatic heterocycles. The quantitative estimate of drug-likeness (QED) is 0.568. The van der Waals surface area contributed by atoms with Crippen molar-refractivity contribution in [3.63, 3.8) is 0 Å². The largest absolute Gasteiger partial charge is 0.497 e. The van der Waals surface area contributed by atoms with Gasteiger partial charge in [0.15, 0.2) is 0 Å². The molecule has 130 valence electrons. The van der Waals surface area contributed by atoms with E-state index < -0.39 is 0 Å². The van der Waals surface area contributed by atoms with Gasteiger partial charge in [-0.2, -0.15) is 0 Å². The van der Waals surface area contributed by atoms with Crippen molar-refractivity contribution >= 4 is 33.4 Å². The number of nitrogens with one attached hydrogen (secondary N) is 2. The molecule has 26 heavy (non-hydrogen) atoms. The molecule has 4 rings (SSSR count). The first-order chi connectivity index (χ1) is 12.7. The molecule has 0 bridgehead atoms. The number of ether oxygens (including phenoxy) is 2. The maximum absolute atomic E-state index is 12.7. The Hall–Kier alpha value is -3.47. The van der Waals surface area contributed by atoms with Crippen molar-refractivity contribution in [2.24, 2.45) is 0 Å². The standard InChI is InChI=1S/C21H18N2O3/c1-25-14-8-9-16(20(12-14)26-2)21(24)22-13-7-10-19-17(11-13)15-5-3-4-6-18(15)23-19/h3-12,23H,1-2H3,(H,22,24). The Labute approximate surface area is 150 Å². The number of anilines is 1. The van der Waals surface area contributed by atoms with E-state index in [1.165, 1.54) is 7.11 Å². The number of hydrogen-bond donors (Lipinski definition) is 2. The zero-order valence-corrected chi connectivity index (χ0v) is 14.5. The second-order valence-corrected chi connectivity index (χ2v) is 5.95. The van der Waals surface area contributed by atoms with Gasteiger partial charge in [0.25, 0.3) is 5.91 Å². The number of para-hydroxylation sites is 1. The van der Waals surface area contributed by atoms with Gasteiger partial charge in [-0.05, 0) is 36.4 Å². The lowest BCUT2D eigenvalue weighted by atomic mass is 10.1. The lowest BCUT2D eigenvalue weighted by Gasteiger charge is -2.11. The van der Waals surface area contributed by atoms with Gasteiger partial charge in [0.1, 0.15) is 11.5 Å². The lowest BCUT2D eigenvalue weighted by Crippen LogP contribution is -2.13. The van der Waals surface area contributed by atoms with Crippen LogP contribution in [0, 0.1) is 0 Å².